The smallest absolute Gasteiger partial charge is 0.268 e. The molecule has 0 radical (unpaired) electrons. The van der Waals surface area contributed by atoms with Gasteiger partial charge in [-0.1, -0.05) is 12.1 Å². The second kappa shape index (κ2) is 8.48. The topological polar surface area (TPSA) is 96.6 Å². The molecule has 0 unspecified atom stereocenters. The Hall–Kier alpha value is -2.87. The lowest BCUT2D eigenvalue weighted by Crippen LogP contribution is -2.47. The molecular weight excluding hydrogens is 332 g/mol. The molecule has 3 rings (SSSR count). The number of amides is 1. The molecule has 0 atom stereocenters. The Morgan fingerprint density at radius 2 is 1.96 bits per heavy atom. The van der Waals surface area contributed by atoms with E-state index >= 15 is 0 Å². The van der Waals surface area contributed by atoms with Gasteiger partial charge in [-0.15, -0.1) is 0 Å². The minimum Gasteiger partial charge on any atom is -0.495 e. The predicted molar refractivity (Wildman–Crippen MR) is 101 cm³/mol. The molecule has 26 heavy (non-hydrogen) atoms. The summed E-state index contributed by atoms with van der Waals surface area (Å²) in [5.41, 5.74) is 6.47. The Bertz CT molecular complexity index is 729. The van der Waals surface area contributed by atoms with Gasteiger partial charge in [0.25, 0.3) is 5.91 Å². The lowest BCUT2D eigenvalue weighted by atomic mass is 10.2. The van der Waals surface area contributed by atoms with Gasteiger partial charge in [0.05, 0.1) is 25.2 Å². The van der Waals surface area contributed by atoms with Crippen molar-refractivity contribution in [3.8, 4) is 5.75 Å². The van der Waals surface area contributed by atoms with Crippen LogP contribution >= 0.6 is 0 Å². The molecule has 0 bridgehead atoms. The van der Waals surface area contributed by atoms with Crippen molar-refractivity contribution in [3.05, 3.63) is 42.4 Å². The van der Waals surface area contributed by atoms with Crippen LogP contribution in [-0.4, -0.2) is 67.2 Å². The van der Waals surface area contributed by atoms with Gasteiger partial charge in [0, 0.05) is 39.3 Å². The van der Waals surface area contributed by atoms with Crippen molar-refractivity contribution in [3.63, 3.8) is 0 Å². The molecule has 1 fully saturated rings. The number of para-hydroxylation sites is 2. The molecule has 1 aromatic heterocycles. The number of nitrogens with two attached hydrogens (primary N) is 1. The number of primary amides is 1. The molecule has 0 aliphatic carbocycles. The van der Waals surface area contributed by atoms with Gasteiger partial charge in [-0.2, -0.15) is 0 Å². The van der Waals surface area contributed by atoms with Crippen LogP contribution < -0.4 is 20.7 Å². The Morgan fingerprint density at radius 3 is 2.62 bits per heavy atom. The molecule has 2 aromatic rings. The summed E-state index contributed by atoms with van der Waals surface area (Å²) >= 11 is 0. The monoisotopic (exact) mass is 356 g/mol. The van der Waals surface area contributed by atoms with E-state index in [0.29, 0.717) is 5.82 Å². The lowest BCUT2D eigenvalue weighted by Gasteiger charge is -2.36. The van der Waals surface area contributed by atoms with Crippen LogP contribution in [0.3, 0.4) is 0 Å². The van der Waals surface area contributed by atoms with Crippen LogP contribution in [-0.2, 0) is 0 Å². The lowest BCUT2D eigenvalue weighted by molar-refractivity contribution is 0.0995. The van der Waals surface area contributed by atoms with Crippen molar-refractivity contribution in [1.82, 2.24) is 14.9 Å². The van der Waals surface area contributed by atoms with Crippen LogP contribution in [0.15, 0.2) is 36.7 Å². The summed E-state index contributed by atoms with van der Waals surface area (Å²) in [7, 11) is 1.71. The maximum absolute atomic E-state index is 11.0. The van der Waals surface area contributed by atoms with Crippen LogP contribution in [0.25, 0.3) is 0 Å². The molecule has 0 saturated carbocycles. The third-order valence-electron chi connectivity index (χ3n) is 4.44. The Labute approximate surface area is 153 Å². The molecule has 1 aliphatic heterocycles. The maximum Gasteiger partial charge on any atom is 0.268 e. The van der Waals surface area contributed by atoms with E-state index in [-0.39, 0.29) is 5.69 Å². The van der Waals surface area contributed by atoms with Crippen molar-refractivity contribution in [1.29, 1.82) is 0 Å². The zero-order valence-corrected chi connectivity index (χ0v) is 14.9. The maximum atomic E-state index is 11.0. The molecule has 138 valence electrons. The minimum atomic E-state index is -0.572. The molecule has 2 heterocycles. The van der Waals surface area contributed by atoms with Gasteiger partial charge in [0.15, 0.2) is 0 Å². The number of piperazine rings is 1. The van der Waals surface area contributed by atoms with E-state index in [2.05, 4.69) is 31.2 Å². The summed E-state index contributed by atoms with van der Waals surface area (Å²) < 4.78 is 5.46. The molecule has 3 N–H and O–H groups in total. The number of benzene rings is 1. The molecule has 1 aromatic carbocycles. The summed E-state index contributed by atoms with van der Waals surface area (Å²) in [6.45, 7) is 5.59. The van der Waals surface area contributed by atoms with E-state index in [1.165, 1.54) is 12.4 Å². The van der Waals surface area contributed by atoms with Crippen LogP contribution in [0.4, 0.5) is 11.5 Å². The molecule has 8 nitrogen and oxygen atoms in total. The SMILES string of the molecule is COc1ccccc1N1CCN(CCNc2cnc(C(N)=O)cn2)CC1. The average Bonchev–Trinajstić information content (AvgIpc) is 2.69. The van der Waals surface area contributed by atoms with Crippen LogP contribution in [0.5, 0.6) is 5.75 Å². The van der Waals surface area contributed by atoms with Crippen LogP contribution in [0.1, 0.15) is 10.5 Å². The highest BCUT2D eigenvalue weighted by atomic mass is 16.5. The van der Waals surface area contributed by atoms with Crippen molar-refractivity contribution >= 4 is 17.4 Å². The molecule has 8 heteroatoms. The summed E-state index contributed by atoms with van der Waals surface area (Å²) in [6, 6.07) is 8.13. The summed E-state index contributed by atoms with van der Waals surface area (Å²) in [5, 5.41) is 3.22. The minimum absolute atomic E-state index is 0.169. The molecule has 1 saturated heterocycles. The number of methoxy groups -OCH3 is 1. The number of nitrogens with one attached hydrogen (secondary N) is 1. The first-order chi connectivity index (χ1) is 12.7. The number of ether oxygens (including phenoxy) is 1. The first-order valence-corrected chi connectivity index (χ1v) is 8.63. The zero-order chi connectivity index (χ0) is 18.4. The first kappa shape index (κ1) is 17.9. The standard InChI is InChI=1S/C18H24N6O2/c1-26-16-5-3-2-4-15(16)24-10-8-23(9-11-24)7-6-20-17-13-21-14(12-22-17)18(19)25/h2-5,12-13H,6-11H2,1H3,(H2,19,25)(H,20,22). The number of aromatic nitrogens is 2. The second-order valence-electron chi connectivity index (χ2n) is 6.08. The summed E-state index contributed by atoms with van der Waals surface area (Å²) in [5.74, 6) is 0.986. The van der Waals surface area contributed by atoms with Gasteiger partial charge in [0.1, 0.15) is 17.3 Å². The molecular formula is C18H24N6O2. The third-order valence-corrected chi connectivity index (χ3v) is 4.44. The van der Waals surface area contributed by atoms with E-state index in [9.17, 15) is 4.79 Å². The van der Waals surface area contributed by atoms with Crippen molar-refractivity contribution in [2.75, 3.05) is 56.6 Å². The highest BCUT2D eigenvalue weighted by Gasteiger charge is 2.19. The largest absolute Gasteiger partial charge is 0.495 e. The highest BCUT2D eigenvalue weighted by Crippen LogP contribution is 2.28. The highest BCUT2D eigenvalue weighted by molar-refractivity contribution is 5.90. The molecule has 0 spiro atoms. The van der Waals surface area contributed by atoms with Gasteiger partial charge in [0.2, 0.25) is 0 Å². The number of carbonyl (C=O) groups excluding carboxylic acids is 1. The fourth-order valence-corrected chi connectivity index (χ4v) is 2.99. The van der Waals surface area contributed by atoms with E-state index in [0.717, 1.165) is 50.7 Å². The van der Waals surface area contributed by atoms with E-state index in [4.69, 9.17) is 10.5 Å². The molecule has 1 amide bonds. The van der Waals surface area contributed by atoms with E-state index < -0.39 is 5.91 Å². The quantitative estimate of drug-likeness (QED) is 0.758. The summed E-state index contributed by atoms with van der Waals surface area (Å²) in [4.78, 5) is 23.9. The third kappa shape index (κ3) is 4.40. The number of hydrogen-bond acceptors (Lipinski definition) is 7. The van der Waals surface area contributed by atoms with Gasteiger partial charge in [-0.3, -0.25) is 9.69 Å². The fraction of sp³-hybridized carbons (Fsp3) is 0.389. The number of carbonyl (C=O) groups is 1. The number of rotatable bonds is 7. The van der Waals surface area contributed by atoms with Crippen LogP contribution in [0.2, 0.25) is 0 Å². The fourth-order valence-electron chi connectivity index (χ4n) is 2.99. The number of hydrogen-bond donors (Lipinski definition) is 2. The Morgan fingerprint density at radius 1 is 1.19 bits per heavy atom. The van der Waals surface area contributed by atoms with Gasteiger partial charge < -0.3 is 20.7 Å². The average molecular weight is 356 g/mol. The second-order valence-corrected chi connectivity index (χ2v) is 6.08. The van der Waals surface area contributed by atoms with Gasteiger partial charge >= 0.3 is 0 Å². The number of nitrogens with zero attached hydrogens (tertiary/aromatic N) is 4. The first-order valence-electron chi connectivity index (χ1n) is 8.63. The van der Waals surface area contributed by atoms with Crippen molar-refractivity contribution < 1.29 is 9.53 Å². The summed E-state index contributed by atoms with van der Waals surface area (Å²) in [6.07, 6.45) is 2.91. The van der Waals surface area contributed by atoms with Crippen molar-refractivity contribution in [2.24, 2.45) is 5.73 Å². The Balaban J connectivity index is 1.43. The van der Waals surface area contributed by atoms with Gasteiger partial charge in [-0.05, 0) is 12.1 Å². The predicted octanol–water partition coefficient (Wildman–Crippen LogP) is 0.818. The van der Waals surface area contributed by atoms with Crippen LogP contribution in [0, 0.1) is 0 Å². The van der Waals surface area contributed by atoms with Gasteiger partial charge in [-0.25, -0.2) is 9.97 Å². The Kier molecular flexibility index (Phi) is 5.85. The van der Waals surface area contributed by atoms with E-state index in [1.807, 2.05) is 18.2 Å². The molecule has 1 aliphatic rings. The normalized spacial score (nSPS) is 14.9. The zero-order valence-electron chi connectivity index (χ0n) is 14.9. The van der Waals surface area contributed by atoms with Crippen molar-refractivity contribution in [2.45, 2.75) is 0 Å². The van der Waals surface area contributed by atoms with E-state index in [1.54, 1.807) is 7.11 Å². The number of anilines is 2.